The van der Waals surface area contributed by atoms with Crippen LogP contribution < -0.4 is 0 Å². The lowest BCUT2D eigenvalue weighted by atomic mass is 10.1. The SMILES string of the molecule is Cc1c(Cl)ncnc1-c1cc(F)c(F)cc1F. The first kappa shape index (κ1) is 11.9. The van der Waals surface area contributed by atoms with Gasteiger partial charge in [-0.25, -0.2) is 23.1 Å². The molecule has 17 heavy (non-hydrogen) atoms. The van der Waals surface area contributed by atoms with Crippen LogP contribution in [0.4, 0.5) is 13.2 Å². The van der Waals surface area contributed by atoms with Gasteiger partial charge in [-0.15, -0.1) is 0 Å². The lowest BCUT2D eigenvalue weighted by Crippen LogP contribution is -1.97. The maximum absolute atomic E-state index is 13.5. The third kappa shape index (κ3) is 2.10. The van der Waals surface area contributed by atoms with Gasteiger partial charge in [0.25, 0.3) is 0 Å². The number of rotatable bonds is 1. The summed E-state index contributed by atoms with van der Waals surface area (Å²) in [5.74, 6) is -3.29. The molecule has 0 saturated heterocycles. The molecule has 2 rings (SSSR count). The zero-order chi connectivity index (χ0) is 12.6. The molecular formula is C11H6ClF3N2. The van der Waals surface area contributed by atoms with E-state index >= 15 is 0 Å². The molecule has 0 spiro atoms. The third-order valence-electron chi connectivity index (χ3n) is 2.29. The van der Waals surface area contributed by atoms with Gasteiger partial charge in [0.05, 0.1) is 5.69 Å². The minimum atomic E-state index is -1.25. The predicted molar refractivity (Wildman–Crippen MR) is 57.1 cm³/mol. The van der Waals surface area contributed by atoms with E-state index < -0.39 is 17.5 Å². The summed E-state index contributed by atoms with van der Waals surface area (Å²) in [6.07, 6.45) is 1.13. The van der Waals surface area contributed by atoms with Crippen molar-refractivity contribution in [1.29, 1.82) is 0 Å². The second-order valence-electron chi connectivity index (χ2n) is 3.38. The van der Waals surface area contributed by atoms with E-state index in [1.165, 1.54) is 0 Å². The van der Waals surface area contributed by atoms with E-state index in [0.29, 0.717) is 11.6 Å². The molecule has 0 aliphatic rings. The van der Waals surface area contributed by atoms with Crippen LogP contribution in [0.1, 0.15) is 5.56 Å². The molecule has 2 aromatic rings. The van der Waals surface area contributed by atoms with E-state index in [9.17, 15) is 13.2 Å². The third-order valence-corrected chi connectivity index (χ3v) is 2.67. The summed E-state index contributed by atoms with van der Waals surface area (Å²) in [6, 6.07) is 1.22. The fourth-order valence-corrected chi connectivity index (χ4v) is 1.54. The zero-order valence-corrected chi connectivity index (χ0v) is 9.39. The molecule has 1 heterocycles. The van der Waals surface area contributed by atoms with Crippen molar-refractivity contribution in [2.45, 2.75) is 6.92 Å². The number of nitrogens with zero attached hydrogens (tertiary/aromatic N) is 2. The van der Waals surface area contributed by atoms with Gasteiger partial charge in [0.2, 0.25) is 0 Å². The standard InChI is InChI=1S/C11H6ClF3N2/c1-5-10(16-4-17-11(5)12)6-2-8(14)9(15)3-7(6)13/h2-4H,1H3. The summed E-state index contributed by atoms with van der Waals surface area (Å²) in [7, 11) is 0. The molecule has 0 amide bonds. The Bertz CT molecular complexity index is 587. The van der Waals surface area contributed by atoms with Crippen molar-refractivity contribution < 1.29 is 13.2 Å². The average Bonchev–Trinajstić information content (AvgIpc) is 2.28. The molecule has 0 radical (unpaired) electrons. The van der Waals surface area contributed by atoms with Gasteiger partial charge in [0.1, 0.15) is 17.3 Å². The summed E-state index contributed by atoms with van der Waals surface area (Å²) in [4.78, 5) is 7.51. The minimum absolute atomic E-state index is 0.138. The monoisotopic (exact) mass is 258 g/mol. The second kappa shape index (κ2) is 4.33. The topological polar surface area (TPSA) is 25.8 Å². The van der Waals surface area contributed by atoms with E-state index in [1.807, 2.05) is 0 Å². The summed E-state index contributed by atoms with van der Waals surface area (Å²) in [5.41, 5.74) is 0.395. The molecular weight excluding hydrogens is 253 g/mol. The van der Waals surface area contributed by atoms with Crippen LogP contribution in [0.5, 0.6) is 0 Å². The molecule has 2 nitrogen and oxygen atoms in total. The van der Waals surface area contributed by atoms with Gasteiger partial charge in [0.15, 0.2) is 11.6 Å². The molecule has 0 aliphatic heterocycles. The molecule has 1 aromatic carbocycles. The van der Waals surface area contributed by atoms with Crippen LogP contribution >= 0.6 is 11.6 Å². The van der Waals surface area contributed by atoms with Gasteiger partial charge in [-0.3, -0.25) is 0 Å². The molecule has 6 heteroatoms. The molecule has 0 fully saturated rings. The van der Waals surface area contributed by atoms with Gasteiger partial charge in [-0.05, 0) is 13.0 Å². The van der Waals surface area contributed by atoms with Crippen LogP contribution in [0.3, 0.4) is 0 Å². The molecule has 1 aromatic heterocycles. The number of hydrogen-bond acceptors (Lipinski definition) is 2. The highest BCUT2D eigenvalue weighted by molar-refractivity contribution is 6.30. The Labute approximate surface area is 100 Å². The zero-order valence-electron chi connectivity index (χ0n) is 8.64. The number of halogens is 4. The molecule has 0 saturated carbocycles. The fourth-order valence-electron chi connectivity index (χ4n) is 1.40. The first-order valence-corrected chi connectivity index (χ1v) is 5.00. The van der Waals surface area contributed by atoms with Crippen molar-refractivity contribution in [3.05, 3.63) is 46.6 Å². The largest absolute Gasteiger partial charge is 0.236 e. The first-order valence-electron chi connectivity index (χ1n) is 4.62. The van der Waals surface area contributed by atoms with Gasteiger partial charge in [0, 0.05) is 17.2 Å². The van der Waals surface area contributed by atoms with Gasteiger partial charge < -0.3 is 0 Å². The first-order chi connectivity index (χ1) is 8.00. The highest BCUT2D eigenvalue weighted by atomic mass is 35.5. The number of aromatic nitrogens is 2. The lowest BCUT2D eigenvalue weighted by molar-refractivity contribution is 0.496. The average molecular weight is 259 g/mol. The molecule has 0 aliphatic carbocycles. The van der Waals surface area contributed by atoms with Gasteiger partial charge in [-0.2, -0.15) is 0 Å². The highest BCUT2D eigenvalue weighted by Gasteiger charge is 2.15. The molecule has 0 atom stereocenters. The van der Waals surface area contributed by atoms with Gasteiger partial charge >= 0.3 is 0 Å². The maximum atomic E-state index is 13.5. The Hall–Kier alpha value is -1.62. The van der Waals surface area contributed by atoms with E-state index in [4.69, 9.17) is 11.6 Å². The summed E-state index contributed by atoms with van der Waals surface area (Å²) >= 11 is 5.75. The fraction of sp³-hybridized carbons (Fsp3) is 0.0909. The number of hydrogen-bond donors (Lipinski definition) is 0. The molecule has 0 N–H and O–H groups in total. The predicted octanol–water partition coefficient (Wildman–Crippen LogP) is 3.52. The Kier molecular flexibility index (Phi) is 3.02. The van der Waals surface area contributed by atoms with Crippen molar-refractivity contribution >= 4 is 11.6 Å². The van der Waals surface area contributed by atoms with E-state index in [0.717, 1.165) is 12.4 Å². The Morgan fingerprint density at radius 1 is 1.00 bits per heavy atom. The molecule has 0 unspecified atom stereocenters. The van der Waals surface area contributed by atoms with Crippen molar-refractivity contribution in [2.75, 3.05) is 0 Å². The van der Waals surface area contributed by atoms with Crippen molar-refractivity contribution in [3.63, 3.8) is 0 Å². The lowest BCUT2D eigenvalue weighted by Gasteiger charge is -2.07. The maximum Gasteiger partial charge on any atom is 0.161 e. The smallest absolute Gasteiger partial charge is 0.161 e. The molecule has 0 bridgehead atoms. The van der Waals surface area contributed by atoms with Crippen LogP contribution in [-0.2, 0) is 0 Å². The normalized spacial score (nSPS) is 10.6. The van der Waals surface area contributed by atoms with E-state index in [2.05, 4.69) is 9.97 Å². The van der Waals surface area contributed by atoms with Gasteiger partial charge in [-0.1, -0.05) is 11.6 Å². The van der Waals surface area contributed by atoms with Crippen LogP contribution in [0.25, 0.3) is 11.3 Å². The Morgan fingerprint density at radius 3 is 2.35 bits per heavy atom. The van der Waals surface area contributed by atoms with Crippen LogP contribution in [0, 0.1) is 24.4 Å². The minimum Gasteiger partial charge on any atom is -0.236 e. The van der Waals surface area contributed by atoms with E-state index in [-0.39, 0.29) is 16.4 Å². The van der Waals surface area contributed by atoms with Crippen molar-refractivity contribution in [2.24, 2.45) is 0 Å². The van der Waals surface area contributed by atoms with E-state index in [1.54, 1.807) is 6.92 Å². The summed E-state index contributed by atoms with van der Waals surface area (Å²) in [5, 5.41) is 0.138. The van der Waals surface area contributed by atoms with Crippen LogP contribution in [0.15, 0.2) is 18.5 Å². The highest BCUT2D eigenvalue weighted by Crippen LogP contribution is 2.28. The quantitative estimate of drug-likeness (QED) is 0.578. The number of benzene rings is 1. The summed E-state index contributed by atoms with van der Waals surface area (Å²) in [6.45, 7) is 1.57. The Balaban J connectivity index is 2.69. The van der Waals surface area contributed by atoms with Crippen LogP contribution in [0.2, 0.25) is 5.15 Å². The van der Waals surface area contributed by atoms with Crippen molar-refractivity contribution in [3.8, 4) is 11.3 Å². The van der Waals surface area contributed by atoms with Crippen molar-refractivity contribution in [1.82, 2.24) is 9.97 Å². The summed E-state index contributed by atoms with van der Waals surface area (Å²) < 4.78 is 39.4. The Morgan fingerprint density at radius 2 is 1.65 bits per heavy atom. The molecule has 88 valence electrons. The van der Waals surface area contributed by atoms with Crippen LogP contribution in [-0.4, -0.2) is 9.97 Å². The second-order valence-corrected chi connectivity index (χ2v) is 3.74.